The van der Waals surface area contributed by atoms with Crippen molar-refractivity contribution < 1.29 is 9.30 Å². The fourth-order valence-corrected chi connectivity index (χ4v) is 6.54. The lowest BCUT2D eigenvalue weighted by Gasteiger charge is -2.13. The molecule has 172 valence electrons. The van der Waals surface area contributed by atoms with Crippen LogP contribution in [-0.2, 0) is 13.1 Å². The highest BCUT2D eigenvalue weighted by atomic mass is 32.2. The van der Waals surface area contributed by atoms with Gasteiger partial charge >= 0.3 is 0 Å². The summed E-state index contributed by atoms with van der Waals surface area (Å²) >= 11 is 3.19. The molecule has 0 N–H and O–H groups in total. The minimum Gasteiger partial charge on any atom is -0.497 e. The highest BCUT2D eigenvalue weighted by Crippen LogP contribution is 2.46. The summed E-state index contributed by atoms with van der Waals surface area (Å²) in [7, 11) is 3.68. The predicted octanol–water partition coefficient (Wildman–Crippen LogP) is 3.41. The Morgan fingerprint density at radius 2 is 1.85 bits per heavy atom. The second-order valence-corrected chi connectivity index (χ2v) is 10.1. The number of thiazole rings is 1. The second kappa shape index (κ2) is 9.52. The smallest absolute Gasteiger partial charge is 0.271 e. The van der Waals surface area contributed by atoms with Crippen molar-refractivity contribution >= 4 is 39.9 Å². The van der Waals surface area contributed by atoms with Crippen molar-refractivity contribution in [1.29, 1.82) is 0 Å². The van der Waals surface area contributed by atoms with E-state index in [4.69, 9.17) is 4.74 Å². The minimum atomic E-state index is 0.0541. The molecule has 2 aromatic carbocycles. The lowest BCUT2D eigenvalue weighted by atomic mass is 10.2. The van der Waals surface area contributed by atoms with E-state index < -0.39 is 0 Å². The zero-order valence-corrected chi connectivity index (χ0v) is 21.0. The third-order valence-corrected chi connectivity index (χ3v) is 8.39. The lowest BCUT2D eigenvalue weighted by Crippen LogP contribution is -2.38. The van der Waals surface area contributed by atoms with Crippen LogP contribution >= 0.6 is 23.1 Å². The van der Waals surface area contributed by atoms with E-state index in [0.717, 1.165) is 42.8 Å². The van der Waals surface area contributed by atoms with Gasteiger partial charge < -0.3 is 9.64 Å². The topological polar surface area (TPSA) is 38.4 Å². The van der Waals surface area contributed by atoms with Gasteiger partial charge in [-0.05, 0) is 25.1 Å². The summed E-state index contributed by atoms with van der Waals surface area (Å²) in [5.74, 6) is 0.811. The molecule has 0 bridgehead atoms. The molecule has 3 heterocycles. The minimum absolute atomic E-state index is 0.0541. The number of fused-ring (bicyclic) bond motifs is 1. The number of ether oxygens (including phenoxy) is 1. The first-order chi connectivity index (χ1) is 16.6. The van der Waals surface area contributed by atoms with E-state index in [1.54, 1.807) is 30.2 Å². The summed E-state index contributed by atoms with van der Waals surface area (Å²) < 4.78 is 11.2. The van der Waals surface area contributed by atoms with Crippen LogP contribution in [0.25, 0.3) is 11.1 Å². The van der Waals surface area contributed by atoms with Crippen molar-refractivity contribution in [1.82, 2.24) is 4.57 Å². The van der Waals surface area contributed by atoms with Gasteiger partial charge in [0.05, 0.1) is 12.8 Å². The van der Waals surface area contributed by atoms with Gasteiger partial charge in [-0.25, -0.2) is 0 Å². The van der Waals surface area contributed by atoms with E-state index in [1.807, 2.05) is 48.9 Å². The molecule has 0 amide bonds. The number of anilines is 1. The Morgan fingerprint density at radius 3 is 2.62 bits per heavy atom. The van der Waals surface area contributed by atoms with Gasteiger partial charge in [0.2, 0.25) is 5.69 Å². The van der Waals surface area contributed by atoms with Crippen molar-refractivity contribution in [2.75, 3.05) is 19.1 Å². The van der Waals surface area contributed by atoms with Gasteiger partial charge in [-0.2, -0.15) is 4.57 Å². The number of hydrogen-bond acceptors (Lipinski definition) is 5. The van der Waals surface area contributed by atoms with E-state index in [0.29, 0.717) is 6.54 Å². The Hall–Kier alpha value is -3.29. The molecule has 0 saturated heterocycles. The fourth-order valence-electron chi connectivity index (χ4n) is 4.09. The maximum atomic E-state index is 13.5. The third kappa shape index (κ3) is 4.17. The van der Waals surface area contributed by atoms with Crippen molar-refractivity contribution in [3.05, 3.63) is 104 Å². The Bertz CT molecular complexity index is 1520. The van der Waals surface area contributed by atoms with Crippen LogP contribution < -0.4 is 29.0 Å². The van der Waals surface area contributed by atoms with Gasteiger partial charge in [0.15, 0.2) is 12.7 Å². The van der Waals surface area contributed by atoms with Crippen LogP contribution in [0.15, 0.2) is 82.6 Å². The normalized spacial score (nSPS) is 15.0. The van der Waals surface area contributed by atoms with Gasteiger partial charge in [0, 0.05) is 48.3 Å². The maximum absolute atomic E-state index is 13.5. The van der Waals surface area contributed by atoms with Gasteiger partial charge in [-0.1, -0.05) is 42.1 Å². The Morgan fingerprint density at radius 1 is 1.06 bits per heavy atom. The quantitative estimate of drug-likeness (QED) is 0.404. The van der Waals surface area contributed by atoms with E-state index in [9.17, 15) is 4.79 Å². The first kappa shape index (κ1) is 22.5. The van der Waals surface area contributed by atoms with Crippen LogP contribution in [0.4, 0.5) is 5.69 Å². The molecule has 7 heteroatoms. The molecule has 4 aromatic rings. The number of methoxy groups -OCH3 is 1. The number of thioether (sulfide) groups is 1. The summed E-state index contributed by atoms with van der Waals surface area (Å²) in [5.41, 5.74) is 3.41. The summed E-state index contributed by atoms with van der Waals surface area (Å²) in [4.78, 5) is 16.7. The molecule has 0 aliphatic carbocycles. The number of hydrogen-bond donors (Lipinski definition) is 0. The van der Waals surface area contributed by atoms with Crippen LogP contribution in [0.2, 0.25) is 0 Å². The maximum Gasteiger partial charge on any atom is 0.271 e. The number of rotatable bonds is 5. The number of aromatic nitrogens is 2. The molecular formula is C27H26N3O2S2+. The molecule has 0 unspecified atom stereocenters. The highest BCUT2D eigenvalue weighted by Gasteiger charge is 2.25. The first-order valence-corrected chi connectivity index (χ1v) is 12.8. The fraction of sp³-hybridized carbons (Fsp3) is 0.185. The molecule has 0 radical (unpaired) electrons. The molecule has 2 aromatic heterocycles. The monoisotopic (exact) mass is 488 g/mol. The van der Waals surface area contributed by atoms with Crippen LogP contribution in [0.3, 0.4) is 0 Å². The summed E-state index contributed by atoms with van der Waals surface area (Å²) in [5, 5.41) is 0.963. The third-order valence-electron chi connectivity index (χ3n) is 5.90. The largest absolute Gasteiger partial charge is 0.497 e. The van der Waals surface area contributed by atoms with Crippen molar-refractivity contribution in [3.63, 3.8) is 0 Å². The zero-order chi connectivity index (χ0) is 23.7. The van der Waals surface area contributed by atoms with Gasteiger partial charge in [0.1, 0.15) is 20.0 Å². The van der Waals surface area contributed by atoms with E-state index in [2.05, 4.69) is 58.1 Å². The van der Waals surface area contributed by atoms with Crippen LogP contribution in [-0.4, -0.2) is 18.7 Å². The molecule has 0 spiro atoms. The Labute approximate surface area is 206 Å². The number of nitrogens with zero attached hydrogens (tertiary/aromatic N) is 3. The molecule has 1 aliphatic heterocycles. The molecule has 0 saturated carbocycles. The summed E-state index contributed by atoms with van der Waals surface area (Å²) in [6, 6.07) is 22.6. The summed E-state index contributed by atoms with van der Waals surface area (Å²) in [6.45, 7) is 3.42. The van der Waals surface area contributed by atoms with Crippen LogP contribution in [0.5, 0.6) is 5.75 Å². The molecular weight excluding hydrogens is 462 g/mol. The van der Waals surface area contributed by atoms with E-state index >= 15 is 0 Å². The predicted molar refractivity (Wildman–Crippen MR) is 140 cm³/mol. The molecule has 0 fully saturated rings. The van der Waals surface area contributed by atoms with Crippen molar-refractivity contribution in [3.8, 4) is 5.75 Å². The Balaban J connectivity index is 1.62. The highest BCUT2D eigenvalue weighted by molar-refractivity contribution is 8.08. The standard InChI is InChI=1S/C27H26N3O2S2/c1-4-30-24(16-20-12-8-9-15-29(20)18-19-10-6-5-7-11-19)34-25(26(30)31)27-28(2)22-17-21(32-3)13-14-23(22)33-27/h5-17H,4,18H2,1-3H3/q+1/b27-25+. The van der Waals surface area contributed by atoms with Gasteiger partial charge in [-0.3, -0.25) is 9.36 Å². The molecule has 5 rings (SSSR count). The SMILES string of the molecule is CCn1c(=O)/c(=C2\Sc3ccc(OC)cc3N2C)s/c1=C\c1cccc[n+]1Cc1ccccc1. The summed E-state index contributed by atoms with van der Waals surface area (Å²) in [6.07, 6.45) is 4.21. The van der Waals surface area contributed by atoms with Crippen molar-refractivity contribution in [2.24, 2.45) is 0 Å². The van der Waals surface area contributed by atoms with Crippen LogP contribution in [0.1, 0.15) is 18.2 Å². The average Bonchev–Trinajstić information content (AvgIpc) is 3.36. The van der Waals surface area contributed by atoms with E-state index in [1.165, 1.54) is 5.56 Å². The van der Waals surface area contributed by atoms with Crippen molar-refractivity contribution in [2.45, 2.75) is 24.9 Å². The molecule has 0 atom stereocenters. The van der Waals surface area contributed by atoms with Gasteiger partial charge in [0.25, 0.3) is 5.56 Å². The molecule has 1 aliphatic rings. The molecule has 5 nitrogen and oxygen atoms in total. The first-order valence-electron chi connectivity index (χ1n) is 11.2. The molecule has 34 heavy (non-hydrogen) atoms. The Kier molecular flexibility index (Phi) is 6.30. The number of pyridine rings is 1. The second-order valence-electron chi connectivity index (χ2n) is 8.00. The van der Waals surface area contributed by atoms with Gasteiger partial charge in [-0.15, -0.1) is 11.3 Å². The average molecular weight is 489 g/mol. The lowest BCUT2D eigenvalue weighted by molar-refractivity contribution is -0.690. The number of benzene rings is 2. The van der Waals surface area contributed by atoms with E-state index in [-0.39, 0.29) is 5.56 Å². The van der Waals surface area contributed by atoms with Crippen LogP contribution in [0, 0.1) is 0 Å². The zero-order valence-electron chi connectivity index (χ0n) is 19.4.